The Hall–Kier alpha value is -4.74. The zero-order valence-electron chi connectivity index (χ0n) is 24.7. The van der Waals surface area contributed by atoms with Gasteiger partial charge in [0.1, 0.15) is 17.3 Å². The number of urea groups is 1. The maximum Gasteiger partial charge on any atom is 0.324 e. The van der Waals surface area contributed by atoms with Crippen molar-refractivity contribution in [1.29, 1.82) is 0 Å². The van der Waals surface area contributed by atoms with Crippen molar-refractivity contribution < 1.29 is 19.1 Å². The van der Waals surface area contributed by atoms with Gasteiger partial charge in [0.05, 0.1) is 30.8 Å². The second-order valence-corrected chi connectivity index (χ2v) is 11.2. The van der Waals surface area contributed by atoms with E-state index >= 15 is 0 Å². The van der Waals surface area contributed by atoms with Gasteiger partial charge in [-0.25, -0.2) is 9.48 Å². The number of morpholine rings is 1. The summed E-state index contributed by atoms with van der Waals surface area (Å²) in [6.07, 6.45) is 3.31. The smallest absolute Gasteiger partial charge is 0.324 e. The SMILES string of the molecule is CC(C)(C)c1cc(NC(=O)Nc2ccc(Oc3cccnc3)cc2)n(-c2ccc(C(=O)NCCN3CCOCC3)cc2)n1. The van der Waals surface area contributed by atoms with E-state index in [1.54, 1.807) is 59.5 Å². The third-order valence-electron chi connectivity index (χ3n) is 6.89. The first kappa shape index (κ1) is 29.7. The van der Waals surface area contributed by atoms with Gasteiger partial charge in [0.2, 0.25) is 0 Å². The lowest BCUT2D eigenvalue weighted by Gasteiger charge is -2.26. The Morgan fingerprint density at radius 3 is 2.37 bits per heavy atom. The molecule has 0 bridgehead atoms. The first-order valence-electron chi connectivity index (χ1n) is 14.3. The number of ether oxygens (including phenoxy) is 2. The Kier molecular flexibility index (Phi) is 9.33. The normalized spacial score (nSPS) is 13.7. The number of benzene rings is 2. The van der Waals surface area contributed by atoms with Crippen LogP contribution in [0.3, 0.4) is 0 Å². The summed E-state index contributed by atoms with van der Waals surface area (Å²) in [5.41, 5.74) is 2.43. The molecule has 3 N–H and O–H groups in total. The zero-order chi connectivity index (χ0) is 30.2. The van der Waals surface area contributed by atoms with Crippen molar-refractivity contribution in [3.05, 3.63) is 90.4 Å². The summed E-state index contributed by atoms with van der Waals surface area (Å²) < 4.78 is 12.8. The topological polar surface area (TPSA) is 123 Å². The summed E-state index contributed by atoms with van der Waals surface area (Å²) >= 11 is 0. The largest absolute Gasteiger partial charge is 0.456 e. The highest BCUT2D eigenvalue weighted by molar-refractivity contribution is 5.99. The van der Waals surface area contributed by atoms with Crippen molar-refractivity contribution in [2.75, 3.05) is 50.0 Å². The van der Waals surface area contributed by atoms with Gasteiger partial charge in [-0.15, -0.1) is 0 Å². The van der Waals surface area contributed by atoms with Crippen LogP contribution in [0, 0.1) is 0 Å². The van der Waals surface area contributed by atoms with Crippen LogP contribution in [0.25, 0.3) is 5.69 Å². The van der Waals surface area contributed by atoms with Crippen molar-refractivity contribution >= 4 is 23.4 Å². The molecule has 3 heterocycles. The average Bonchev–Trinajstić information content (AvgIpc) is 3.43. The van der Waals surface area contributed by atoms with Crippen LogP contribution < -0.4 is 20.7 Å². The second kappa shape index (κ2) is 13.5. The summed E-state index contributed by atoms with van der Waals surface area (Å²) in [6.45, 7) is 10.8. The number of hydrogen-bond acceptors (Lipinski definition) is 7. The fourth-order valence-electron chi connectivity index (χ4n) is 4.47. The number of nitrogens with one attached hydrogen (secondary N) is 3. The van der Waals surface area contributed by atoms with Gasteiger partial charge >= 0.3 is 6.03 Å². The summed E-state index contributed by atoms with van der Waals surface area (Å²) in [5.74, 6) is 1.62. The molecule has 0 unspecified atom stereocenters. The summed E-state index contributed by atoms with van der Waals surface area (Å²) in [7, 11) is 0. The van der Waals surface area contributed by atoms with Crippen LogP contribution in [0.5, 0.6) is 11.5 Å². The van der Waals surface area contributed by atoms with E-state index in [4.69, 9.17) is 14.6 Å². The predicted octanol–water partition coefficient (Wildman–Crippen LogP) is 5.06. The van der Waals surface area contributed by atoms with Crippen molar-refractivity contribution in [2.45, 2.75) is 26.2 Å². The zero-order valence-corrected chi connectivity index (χ0v) is 24.7. The Morgan fingerprint density at radius 2 is 1.70 bits per heavy atom. The highest BCUT2D eigenvalue weighted by atomic mass is 16.5. The molecule has 0 radical (unpaired) electrons. The number of pyridine rings is 1. The lowest BCUT2D eigenvalue weighted by molar-refractivity contribution is 0.0383. The van der Waals surface area contributed by atoms with Gasteiger partial charge < -0.3 is 20.1 Å². The van der Waals surface area contributed by atoms with Crippen LogP contribution in [0.15, 0.2) is 79.1 Å². The van der Waals surface area contributed by atoms with Crippen LogP contribution in [0.4, 0.5) is 16.3 Å². The summed E-state index contributed by atoms with van der Waals surface area (Å²) in [5, 5.41) is 13.5. The second-order valence-electron chi connectivity index (χ2n) is 11.2. The van der Waals surface area contributed by atoms with Gasteiger partial charge in [-0.2, -0.15) is 5.10 Å². The molecule has 2 aromatic carbocycles. The molecular formula is C32H37N7O4. The van der Waals surface area contributed by atoms with Gasteiger partial charge in [-0.3, -0.25) is 20.0 Å². The minimum absolute atomic E-state index is 0.134. The molecule has 0 saturated carbocycles. The number of amides is 3. The van der Waals surface area contributed by atoms with Crippen molar-refractivity contribution in [3.8, 4) is 17.2 Å². The van der Waals surface area contributed by atoms with E-state index < -0.39 is 6.03 Å². The fraction of sp³-hybridized carbons (Fsp3) is 0.312. The molecular weight excluding hydrogens is 546 g/mol. The van der Waals surface area contributed by atoms with Crippen LogP contribution >= 0.6 is 0 Å². The molecule has 0 spiro atoms. The molecule has 43 heavy (non-hydrogen) atoms. The number of carbonyl (C=O) groups excluding carboxylic acids is 2. The molecule has 5 rings (SSSR count). The highest BCUT2D eigenvalue weighted by Gasteiger charge is 2.22. The predicted molar refractivity (Wildman–Crippen MR) is 165 cm³/mol. The fourth-order valence-corrected chi connectivity index (χ4v) is 4.47. The first-order valence-corrected chi connectivity index (χ1v) is 14.3. The third-order valence-corrected chi connectivity index (χ3v) is 6.89. The number of hydrogen-bond donors (Lipinski definition) is 3. The van der Waals surface area contributed by atoms with Gasteiger partial charge in [0.25, 0.3) is 5.91 Å². The molecule has 1 fully saturated rings. The molecule has 224 valence electrons. The Bertz CT molecular complexity index is 1510. The lowest BCUT2D eigenvalue weighted by atomic mass is 9.92. The number of carbonyl (C=O) groups is 2. The number of nitrogens with zero attached hydrogens (tertiary/aromatic N) is 4. The summed E-state index contributed by atoms with van der Waals surface area (Å²) in [6, 6.07) is 19.3. The molecule has 1 aliphatic heterocycles. The number of anilines is 2. The van der Waals surface area contributed by atoms with Crippen LogP contribution in [0.1, 0.15) is 36.8 Å². The Labute approximate surface area is 251 Å². The Balaban J connectivity index is 1.23. The van der Waals surface area contributed by atoms with Gasteiger partial charge in [-0.1, -0.05) is 20.8 Å². The number of rotatable bonds is 9. The minimum atomic E-state index is -0.418. The number of aromatic nitrogens is 3. The quantitative estimate of drug-likeness (QED) is 0.252. The minimum Gasteiger partial charge on any atom is -0.456 e. The van der Waals surface area contributed by atoms with Crippen molar-refractivity contribution in [2.24, 2.45) is 0 Å². The average molecular weight is 584 g/mol. The third kappa shape index (κ3) is 8.18. The van der Waals surface area contributed by atoms with Crippen LogP contribution in [-0.2, 0) is 10.2 Å². The molecule has 4 aromatic rings. The van der Waals surface area contributed by atoms with E-state index in [1.807, 2.05) is 24.3 Å². The maximum absolute atomic E-state index is 13.0. The van der Waals surface area contributed by atoms with E-state index in [-0.39, 0.29) is 11.3 Å². The van der Waals surface area contributed by atoms with Crippen LogP contribution in [0.2, 0.25) is 0 Å². The van der Waals surface area contributed by atoms with E-state index in [0.29, 0.717) is 40.8 Å². The van der Waals surface area contributed by atoms with Crippen LogP contribution in [-0.4, -0.2) is 71.0 Å². The molecule has 11 nitrogen and oxygen atoms in total. The highest BCUT2D eigenvalue weighted by Crippen LogP contribution is 2.27. The van der Waals surface area contributed by atoms with Crippen molar-refractivity contribution in [3.63, 3.8) is 0 Å². The molecule has 0 atom stereocenters. The van der Waals surface area contributed by atoms with E-state index in [2.05, 4.69) is 46.6 Å². The van der Waals surface area contributed by atoms with Crippen molar-refractivity contribution in [1.82, 2.24) is 25.0 Å². The van der Waals surface area contributed by atoms with E-state index in [0.717, 1.165) is 38.5 Å². The maximum atomic E-state index is 13.0. The summed E-state index contributed by atoms with van der Waals surface area (Å²) in [4.78, 5) is 32.0. The lowest BCUT2D eigenvalue weighted by Crippen LogP contribution is -2.41. The molecule has 11 heteroatoms. The Morgan fingerprint density at radius 1 is 0.953 bits per heavy atom. The molecule has 0 aliphatic carbocycles. The standard InChI is InChI=1S/C32H37N7O4/c1-32(2,3)28-21-29(36-31(41)35-24-8-12-26(13-9-24)43-27-5-4-14-33-22-27)39(37-28)25-10-6-23(7-11-25)30(40)34-15-16-38-17-19-42-20-18-38/h4-14,21-22H,15-20H2,1-3H3,(H,34,40)(H2,35,36,41). The molecule has 1 saturated heterocycles. The van der Waals surface area contributed by atoms with E-state index in [1.165, 1.54) is 0 Å². The molecule has 3 amide bonds. The van der Waals surface area contributed by atoms with E-state index in [9.17, 15) is 9.59 Å². The molecule has 1 aliphatic rings. The van der Waals surface area contributed by atoms with Gasteiger partial charge in [0.15, 0.2) is 0 Å². The van der Waals surface area contributed by atoms with Gasteiger partial charge in [-0.05, 0) is 60.7 Å². The monoisotopic (exact) mass is 583 g/mol. The molecule has 2 aromatic heterocycles. The first-order chi connectivity index (χ1) is 20.7. The van der Waals surface area contributed by atoms with Gasteiger partial charge in [0, 0.05) is 55.1 Å².